The largest absolute Gasteiger partial charge is 0.172 e. The standard InChI is InChI=1S/C68H102.C45H52N2S3/c1-7-11-15-19-23-25-27-29-33-37-49-68(50-38-34-30-28-26-24-20-16-12-8-2)64-52-56(6)40-44-60(64)62-46-42-58(54-66(62)68)57-41-45-61-59-43-39-55(5)51-63(59)67(65(61)53-57,47-35-31-21-17-13-9-3)48-36-32-22-18-14-10-4;1-5-7-9-11-13-15-27-45(28-16-14-12-10-8-6-2)38-29-31(3)17-20-34(38)35-21-19-33(30-39(35)45)40-25-26-42(49-40)37-23-22-36(41-24-18-32(4)48-41)43-44(37)47-50-46-43/h39-46,51-54H,7-38,47-50H2,1-6H3;17-26,29-30H,5-16,27-28H2,1-4H3. The van der Waals surface area contributed by atoms with Crippen LogP contribution in [-0.4, -0.2) is 8.75 Å². The van der Waals surface area contributed by atoms with Crippen molar-refractivity contribution in [1.82, 2.24) is 8.75 Å². The molecular formula is C113H154N2S3. The predicted octanol–water partition coefficient (Wildman–Crippen LogP) is 37.8. The molecule has 0 saturated carbocycles. The fourth-order valence-corrected chi connectivity index (χ4v) is 24.0. The van der Waals surface area contributed by atoms with Gasteiger partial charge < -0.3 is 0 Å². The zero-order valence-electron chi connectivity index (χ0n) is 75.8. The van der Waals surface area contributed by atoms with Crippen LogP contribution in [0.25, 0.3) is 86.9 Å². The second kappa shape index (κ2) is 46.9. The molecule has 3 aromatic heterocycles. The Morgan fingerprint density at radius 2 is 0.441 bits per heavy atom. The number of thiophene rings is 2. The Hall–Kier alpha value is -6.24. The van der Waals surface area contributed by atoms with E-state index >= 15 is 0 Å². The molecule has 0 amide bonds. The molecule has 3 heterocycles. The van der Waals surface area contributed by atoms with Gasteiger partial charge in [0.15, 0.2) is 0 Å². The van der Waals surface area contributed by atoms with E-state index in [1.54, 1.807) is 33.4 Å². The predicted molar refractivity (Wildman–Crippen MR) is 524 cm³/mol. The number of nitrogens with zero attached hydrogens (tertiary/aromatic N) is 2. The van der Waals surface area contributed by atoms with E-state index in [-0.39, 0.29) is 16.2 Å². The monoisotopic (exact) mass is 1640 g/mol. The minimum absolute atomic E-state index is 0.0940. The highest BCUT2D eigenvalue weighted by molar-refractivity contribution is 7.19. The summed E-state index contributed by atoms with van der Waals surface area (Å²) in [5.74, 6) is 0. The lowest BCUT2D eigenvalue weighted by Gasteiger charge is -2.34. The van der Waals surface area contributed by atoms with Gasteiger partial charge in [0.25, 0.3) is 0 Å². The first-order valence-electron chi connectivity index (χ1n) is 49.2. The van der Waals surface area contributed by atoms with E-state index < -0.39 is 0 Å². The van der Waals surface area contributed by atoms with E-state index in [1.165, 1.54) is 430 Å². The number of benzene rings is 7. The normalized spacial score (nSPS) is 13.7. The van der Waals surface area contributed by atoms with Crippen molar-refractivity contribution in [3.63, 3.8) is 0 Å². The zero-order valence-corrected chi connectivity index (χ0v) is 78.3. The minimum atomic E-state index is 0.0940. The van der Waals surface area contributed by atoms with Crippen LogP contribution in [0.1, 0.15) is 418 Å². The molecule has 0 unspecified atom stereocenters. The fraction of sp³-hybridized carbons (Fsp3) is 0.558. The lowest BCUT2D eigenvalue weighted by Crippen LogP contribution is -2.26. The maximum Gasteiger partial charge on any atom is 0.114 e. The van der Waals surface area contributed by atoms with E-state index in [0.29, 0.717) is 0 Å². The smallest absolute Gasteiger partial charge is 0.114 e. The first-order valence-corrected chi connectivity index (χ1v) is 51.5. The molecule has 118 heavy (non-hydrogen) atoms. The van der Waals surface area contributed by atoms with Crippen molar-refractivity contribution >= 4 is 45.4 Å². The average Bonchev–Trinajstić information content (AvgIpc) is 1.58. The van der Waals surface area contributed by atoms with Crippen LogP contribution in [0.4, 0.5) is 0 Å². The number of fused-ring (bicyclic) bond motifs is 10. The van der Waals surface area contributed by atoms with Gasteiger partial charge in [0.05, 0.1) is 11.7 Å². The van der Waals surface area contributed by atoms with E-state index in [0.717, 1.165) is 11.0 Å². The Kier molecular flexibility index (Phi) is 36.1. The number of hydrogen-bond donors (Lipinski definition) is 0. The van der Waals surface area contributed by atoms with Crippen molar-refractivity contribution in [1.29, 1.82) is 0 Å². The molecule has 0 fully saturated rings. The summed E-state index contributed by atoms with van der Waals surface area (Å²) in [7, 11) is 0. The maximum absolute atomic E-state index is 4.81. The third kappa shape index (κ3) is 22.8. The third-order valence-corrected chi connectivity index (χ3v) is 30.9. The molecule has 634 valence electrons. The molecule has 3 aliphatic carbocycles. The van der Waals surface area contributed by atoms with Gasteiger partial charge >= 0.3 is 0 Å². The Labute approximate surface area is 731 Å². The van der Waals surface area contributed by atoms with Crippen LogP contribution in [0.5, 0.6) is 0 Å². The summed E-state index contributed by atoms with van der Waals surface area (Å²) in [4.78, 5) is 5.17. The summed E-state index contributed by atoms with van der Waals surface area (Å²) in [6, 6.07) is 58.8. The van der Waals surface area contributed by atoms with Crippen LogP contribution in [0, 0.1) is 27.7 Å². The highest BCUT2D eigenvalue weighted by Crippen LogP contribution is 2.60. The van der Waals surface area contributed by atoms with Gasteiger partial charge in [-0.2, -0.15) is 8.75 Å². The van der Waals surface area contributed by atoms with E-state index in [2.05, 4.69) is 215 Å². The van der Waals surface area contributed by atoms with Crippen molar-refractivity contribution in [3.8, 4) is 75.8 Å². The molecule has 7 aromatic carbocycles. The highest BCUT2D eigenvalue weighted by Gasteiger charge is 2.46. The Balaban J connectivity index is 0.000000227. The van der Waals surface area contributed by atoms with Gasteiger partial charge in [0.1, 0.15) is 11.0 Å². The van der Waals surface area contributed by atoms with E-state index in [4.69, 9.17) is 8.75 Å². The van der Waals surface area contributed by atoms with Crippen molar-refractivity contribution in [3.05, 3.63) is 201 Å². The van der Waals surface area contributed by atoms with Crippen LogP contribution in [0.15, 0.2) is 146 Å². The Morgan fingerprint density at radius 1 is 0.212 bits per heavy atom. The highest BCUT2D eigenvalue weighted by atomic mass is 32.1. The van der Waals surface area contributed by atoms with Gasteiger partial charge in [-0.05, 0) is 192 Å². The van der Waals surface area contributed by atoms with Gasteiger partial charge in [-0.3, -0.25) is 0 Å². The molecule has 0 N–H and O–H groups in total. The van der Waals surface area contributed by atoms with Gasteiger partial charge in [-0.25, -0.2) is 0 Å². The molecule has 3 aliphatic rings. The molecule has 5 heteroatoms. The number of aromatic nitrogens is 2. The summed E-state index contributed by atoms with van der Waals surface area (Å²) < 4.78 is 9.58. The molecule has 0 bridgehead atoms. The summed E-state index contributed by atoms with van der Waals surface area (Å²) in [5, 5.41) is 0. The van der Waals surface area contributed by atoms with Crippen LogP contribution in [0.3, 0.4) is 0 Å². The van der Waals surface area contributed by atoms with Gasteiger partial charge in [-0.1, -0.05) is 444 Å². The van der Waals surface area contributed by atoms with Crippen LogP contribution in [-0.2, 0) is 16.2 Å². The number of unbranched alkanes of at least 4 members (excludes halogenated alkanes) is 38. The van der Waals surface area contributed by atoms with E-state index in [9.17, 15) is 0 Å². The number of aryl methyl sites for hydroxylation is 4. The molecule has 0 spiro atoms. The summed E-state index contributed by atoms with van der Waals surface area (Å²) in [6.07, 6.45) is 68.0. The SMILES string of the molecule is CCCCCCCCC1(CCCCCCCC)c2cc(C)ccc2-c2ccc(-c3ccc(-c4ccc(-c5ccc(C)s5)c5nsnc45)s3)cc21.CCCCCCCCCCCCC1(CCCCCCCCCCCC)c2cc(C)ccc2-c2ccc(-c3ccc4c(c3)C(CCCCCCCC)(CCCCCCCC)c3cc(C)ccc3-4)cc21. The van der Waals surface area contributed by atoms with Crippen molar-refractivity contribution in [2.24, 2.45) is 0 Å². The molecule has 0 aliphatic heterocycles. The maximum atomic E-state index is 4.81. The van der Waals surface area contributed by atoms with Crippen LogP contribution >= 0.6 is 34.4 Å². The average molecular weight is 1640 g/mol. The Bertz CT molecular complexity index is 4620. The summed E-state index contributed by atoms with van der Waals surface area (Å²) in [5.41, 5.74) is 31.9. The van der Waals surface area contributed by atoms with Crippen molar-refractivity contribution in [2.75, 3.05) is 0 Å². The topological polar surface area (TPSA) is 25.8 Å². The van der Waals surface area contributed by atoms with E-state index in [1.807, 2.05) is 22.7 Å². The number of hydrogen-bond acceptors (Lipinski definition) is 5. The molecule has 0 radical (unpaired) electrons. The minimum Gasteiger partial charge on any atom is -0.172 e. The lowest BCUT2D eigenvalue weighted by molar-refractivity contribution is 0.396. The van der Waals surface area contributed by atoms with Crippen LogP contribution in [0.2, 0.25) is 0 Å². The second-order valence-corrected chi connectivity index (χ2v) is 40.2. The molecule has 2 nitrogen and oxygen atoms in total. The molecule has 10 aromatic rings. The van der Waals surface area contributed by atoms with Crippen molar-refractivity contribution in [2.45, 2.75) is 407 Å². The number of rotatable bonds is 54. The first kappa shape index (κ1) is 91.0. The second-order valence-electron chi connectivity index (χ2n) is 37.3. The van der Waals surface area contributed by atoms with Gasteiger partial charge in [0.2, 0.25) is 0 Å². The molecule has 0 atom stereocenters. The zero-order chi connectivity index (χ0) is 82.4. The Morgan fingerprint density at radius 3 is 0.729 bits per heavy atom. The summed E-state index contributed by atoms with van der Waals surface area (Å²) in [6.45, 7) is 23.1. The van der Waals surface area contributed by atoms with Gasteiger partial charge in [-0.15, -0.1) is 22.7 Å². The first-order chi connectivity index (χ1) is 57.9. The third-order valence-electron chi connectivity index (χ3n) is 28.2. The lowest BCUT2D eigenvalue weighted by atomic mass is 9.69. The summed E-state index contributed by atoms with van der Waals surface area (Å²) >= 11 is 5.04. The van der Waals surface area contributed by atoms with Crippen LogP contribution < -0.4 is 0 Å². The fourth-order valence-electron chi connectivity index (χ4n) is 21.5. The van der Waals surface area contributed by atoms with Crippen molar-refractivity contribution < 1.29 is 0 Å². The molecule has 13 rings (SSSR count). The molecular weight excluding hydrogens is 1480 g/mol. The quantitative estimate of drug-likeness (QED) is 0.0355. The van der Waals surface area contributed by atoms with Gasteiger partial charge in [0, 0.05) is 46.9 Å². The molecule has 0 saturated heterocycles.